The summed E-state index contributed by atoms with van der Waals surface area (Å²) in [5, 5.41) is 0. The summed E-state index contributed by atoms with van der Waals surface area (Å²) in [6, 6.07) is 0.0994. The van der Waals surface area contributed by atoms with Crippen LogP contribution >= 0.6 is 0 Å². The van der Waals surface area contributed by atoms with Gasteiger partial charge in [0.2, 0.25) is 0 Å². The average molecular weight is 279 g/mol. The second-order valence-corrected chi connectivity index (χ2v) is 6.29. The van der Waals surface area contributed by atoms with Gasteiger partial charge >= 0.3 is 0 Å². The Balaban J connectivity index is 2.63. The summed E-state index contributed by atoms with van der Waals surface area (Å²) < 4.78 is 33.3. The lowest BCUT2D eigenvalue weighted by atomic mass is 9.95. The van der Waals surface area contributed by atoms with Gasteiger partial charge < -0.3 is 10.5 Å². The first kappa shape index (κ1) is 15.8. The molecule has 1 fully saturated rings. The van der Waals surface area contributed by atoms with Gasteiger partial charge in [0.1, 0.15) is 0 Å². The van der Waals surface area contributed by atoms with E-state index in [0.717, 1.165) is 25.7 Å². The molecule has 0 aliphatic heterocycles. The van der Waals surface area contributed by atoms with E-state index in [1.54, 1.807) is 7.11 Å². The Morgan fingerprint density at radius 1 is 1.33 bits per heavy atom. The minimum Gasteiger partial charge on any atom is -0.383 e. The highest BCUT2D eigenvalue weighted by Gasteiger charge is 2.29. The Morgan fingerprint density at radius 2 is 2.00 bits per heavy atom. The molecule has 0 spiro atoms. The Kier molecular flexibility index (Phi) is 7.10. The van der Waals surface area contributed by atoms with Crippen LogP contribution < -0.4 is 10.5 Å². The van der Waals surface area contributed by atoms with Crippen molar-refractivity contribution in [3.63, 3.8) is 0 Å². The van der Waals surface area contributed by atoms with Crippen LogP contribution in [0.2, 0.25) is 0 Å². The molecule has 0 aromatic heterocycles. The molecule has 0 heterocycles. The van der Waals surface area contributed by atoms with Crippen molar-refractivity contribution in [2.24, 2.45) is 5.73 Å². The Morgan fingerprint density at radius 3 is 2.56 bits per heavy atom. The van der Waals surface area contributed by atoms with E-state index in [1.165, 1.54) is 10.7 Å². The van der Waals surface area contributed by atoms with E-state index in [4.69, 9.17) is 10.5 Å². The molecule has 0 atom stereocenters. The van der Waals surface area contributed by atoms with Crippen molar-refractivity contribution in [1.82, 2.24) is 9.03 Å². The molecule has 18 heavy (non-hydrogen) atoms. The van der Waals surface area contributed by atoms with Crippen LogP contribution in [0.3, 0.4) is 0 Å². The van der Waals surface area contributed by atoms with E-state index in [-0.39, 0.29) is 6.04 Å². The number of hydrogen-bond donors (Lipinski definition) is 2. The molecular weight excluding hydrogens is 254 g/mol. The first-order valence-corrected chi connectivity index (χ1v) is 8.01. The first-order valence-electron chi connectivity index (χ1n) is 6.57. The highest BCUT2D eigenvalue weighted by atomic mass is 32.2. The van der Waals surface area contributed by atoms with E-state index in [9.17, 15) is 8.42 Å². The predicted molar refractivity (Wildman–Crippen MR) is 71.4 cm³/mol. The van der Waals surface area contributed by atoms with Gasteiger partial charge in [-0.2, -0.15) is 17.4 Å². The lowest BCUT2D eigenvalue weighted by Crippen LogP contribution is -2.49. The van der Waals surface area contributed by atoms with Gasteiger partial charge in [0, 0.05) is 32.8 Å². The predicted octanol–water partition coefficient (Wildman–Crippen LogP) is 0.0606. The lowest BCUT2D eigenvalue weighted by Gasteiger charge is -2.33. The fourth-order valence-electron chi connectivity index (χ4n) is 2.35. The van der Waals surface area contributed by atoms with Crippen LogP contribution in [0.4, 0.5) is 0 Å². The summed E-state index contributed by atoms with van der Waals surface area (Å²) in [6.07, 6.45) is 5.26. The summed E-state index contributed by atoms with van der Waals surface area (Å²) in [4.78, 5) is 0. The molecule has 3 N–H and O–H groups in total. The molecule has 0 radical (unpaired) electrons. The zero-order chi connectivity index (χ0) is 13.4. The van der Waals surface area contributed by atoms with Gasteiger partial charge in [-0.25, -0.2) is 0 Å². The first-order chi connectivity index (χ1) is 8.61. The topological polar surface area (TPSA) is 84.7 Å². The SMILES string of the molecule is COCCNS(=O)(=O)N(CCN)C1CCCCC1. The maximum atomic E-state index is 12.2. The van der Waals surface area contributed by atoms with Crippen LogP contribution in [0.5, 0.6) is 0 Å². The third kappa shape index (κ3) is 4.81. The van der Waals surface area contributed by atoms with Crippen LogP contribution in [0.25, 0.3) is 0 Å². The van der Waals surface area contributed by atoms with Gasteiger partial charge in [-0.3, -0.25) is 0 Å². The van der Waals surface area contributed by atoms with E-state index < -0.39 is 10.2 Å². The van der Waals surface area contributed by atoms with Crippen LogP contribution in [-0.2, 0) is 14.9 Å². The van der Waals surface area contributed by atoms with Crippen molar-refractivity contribution in [3.8, 4) is 0 Å². The van der Waals surface area contributed by atoms with Crippen LogP contribution in [0.15, 0.2) is 0 Å². The highest BCUT2D eigenvalue weighted by Crippen LogP contribution is 2.23. The fraction of sp³-hybridized carbons (Fsp3) is 1.00. The second-order valence-electron chi connectivity index (χ2n) is 4.58. The Labute approximate surface area is 110 Å². The molecule has 0 aromatic carbocycles. The summed E-state index contributed by atoms with van der Waals surface area (Å²) in [6.45, 7) is 1.40. The van der Waals surface area contributed by atoms with Gasteiger partial charge in [0.25, 0.3) is 10.2 Å². The molecule has 0 unspecified atom stereocenters. The second kappa shape index (κ2) is 8.06. The Hall–Kier alpha value is -0.210. The number of rotatable bonds is 8. The molecule has 1 aliphatic rings. The smallest absolute Gasteiger partial charge is 0.279 e. The third-order valence-electron chi connectivity index (χ3n) is 3.23. The molecule has 108 valence electrons. The molecule has 0 saturated heterocycles. The van der Waals surface area contributed by atoms with Gasteiger partial charge in [-0.05, 0) is 12.8 Å². The standard InChI is InChI=1S/C11H25N3O3S/c1-17-10-8-13-18(15,16)14(9-7-12)11-5-3-2-4-6-11/h11,13H,2-10,12H2,1H3. The quantitative estimate of drug-likeness (QED) is 0.615. The molecule has 1 rings (SSSR count). The summed E-state index contributed by atoms with van der Waals surface area (Å²) in [5.41, 5.74) is 5.53. The maximum Gasteiger partial charge on any atom is 0.279 e. The molecule has 0 bridgehead atoms. The number of ether oxygens (including phenoxy) is 1. The average Bonchev–Trinajstić information content (AvgIpc) is 2.37. The van der Waals surface area contributed by atoms with Crippen molar-refractivity contribution in [1.29, 1.82) is 0 Å². The molecule has 6 nitrogen and oxygen atoms in total. The number of methoxy groups -OCH3 is 1. The summed E-state index contributed by atoms with van der Waals surface area (Å²) in [7, 11) is -1.88. The minimum atomic E-state index is -3.43. The number of hydrogen-bond acceptors (Lipinski definition) is 4. The van der Waals surface area contributed by atoms with Crippen molar-refractivity contribution < 1.29 is 13.2 Å². The number of nitrogens with zero attached hydrogens (tertiary/aromatic N) is 1. The van der Waals surface area contributed by atoms with Crippen molar-refractivity contribution >= 4 is 10.2 Å². The minimum absolute atomic E-state index is 0.0994. The number of nitrogens with one attached hydrogen (secondary N) is 1. The van der Waals surface area contributed by atoms with Gasteiger partial charge in [-0.1, -0.05) is 19.3 Å². The Bertz CT molecular complexity index is 315. The van der Waals surface area contributed by atoms with Crippen LogP contribution in [0.1, 0.15) is 32.1 Å². The third-order valence-corrected chi connectivity index (χ3v) is 4.90. The van der Waals surface area contributed by atoms with Crippen molar-refractivity contribution in [2.45, 2.75) is 38.1 Å². The largest absolute Gasteiger partial charge is 0.383 e. The number of nitrogens with two attached hydrogens (primary N) is 1. The molecular formula is C11H25N3O3S. The molecule has 0 aromatic rings. The monoisotopic (exact) mass is 279 g/mol. The lowest BCUT2D eigenvalue weighted by molar-refractivity contribution is 0.202. The highest BCUT2D eigenvalue weighted by molar-refractivity contribution is 7.87. The maximum absolute atomic E-state index is 12.2. The van der Waals surface area contributed by atoms with E-state index >= 15 is 0 Å². The fourth-order valence-corrected chi connectivity index (χ4v) is 3.81. The van der Waals surface area contributed by atoms with Crippen LogP contribution in [0, 0.1) is 0 Å². The van der Waals surface area contributed by atoms with E-state index in [0.29, 0.717) is 26.2 Å². The van der Waals surface area contributed by atoms with Crippen molar-refractivity contribution in [2.75, 3.05) is 33.4 Å². The molecule has 0 amide bonds. The zero-order valence-electron chi connectivity index (χ0n) is 11.1. The normalized spacial score (nSPS) is 18.4. The van der Waals surface area contributed by atoms with Gasteiger partial charge in [-0.15, -0.1) is 0 Å². The molecule has 1 aliphatic carbocycles. The van der Waals surface area contributed by atoms with Crippen molar-refractivity contribution in [3.05, 3.63) is 0 Å². The zero-order valence-corrected chi connectivity index (χ0v) is 11.9. The van der Waals surface area contributed by atoms with Crippen LogP contribution in [-0.4, -0.2) is 52.1 Å². The van der Waals surface area contributed by atoms with E-state index in [2.05, 4.69) is 4.72 Å². The summed E-state index contributed by atoms with van der Waals surface area (Å²) >= 11 is 0. The van der Waals surface area contributed by atoms with E-state index in [1.807, 2.05) is 0 Å². The molecule has 1 saturated carbocycles. The van der Waals surface area contributed by atoms with Gasteiger partial charge in [0.05, 0.1) is 6.61 Å². The van der Waals surface area contributed by atoms with Gasteiger partial charge in [0.15, 0.2) is 0 Å². The summed E-state index contributed by atoms with van der Waals surface area (Å²) in [5.74, 6) is 0. The molecule has 7 heteroatoms.